The first-order valence-electron chi connectivity index (χ1n) is 6.05. The van der Waals surface area contributed by atoms with Gasteiger partial charge in [-0.15, -0.1) is 0 Å². The van der Waals surface area contributed by atoms with E-state index in [2.05, 4.69) is 15.3 Å². The number of nitrogens with one attached hydrogen (secondary N) is 2. The smallest absolute Gasteiger partial charge is 0.326 e. The summed E-state index contributed by atoms with van der Waals surface area (Å²) in [5.74, 6) is -1.18. The molecule has 1 aromatic heterocycles. The van der Waals surface area contributed by atoms with Crippen LogP contribution in [0.2, 0.25) is 0 Å². The average Bonchev–Trinajstić information content (AvgIpc) is 2.90. The molecule has 1 rings (SSSR count). The monoisotopic (exact) mass is 286 g/mol. The quantitative estimate of drug-likeness (QED) is 0.390. The second kappa shape index (κ2) is 8.12. The van der Waals surface area contributed by atoms with E-state index in [1.807, 2.05) is 0 Å². The van der Waals surface area contributed by atoms with Gasteiger partial charge in [-0.05, 0) is 0 Å². The Bertz CT molecular complexity index is 416. The maximum Gasteiger partial charge on any atom is 0.326 e. The Morgan fingerprint density at radius 2 is 2.00 bits per heavy atom. The molecule has 1 heterocycles. The molecule has 1 atom stereocenters. The fourth-order valence-electron chi connectivity index (χ4n) is 1.61. The van der Waals surface area contributed by atoms with Crippen molar-refractivity contribution >= 4 is 12.0 Å². The van der Waals surface area contributed by atoms with Gasteiger partial charge in [0.25, 0.3) is 0 Å². The van der Waals surface area contributed by atoms with Crippen molar-refractivity contribution in [3.63, 3.8) is 0 Å². The molecule has 0 aromatic carbocycles. The van der Waals surface area contributed by atoms with Crippen LogP contribution in [0.4, 0.5) is 4.79 Å². The van der Waals surface area contributed by atoms with E-state index in [4.69, 9.17) is 15.3 Å². The molecule has 1 unspecified atom stereocenters. The lowest BCUT2D eigenvalue weighted by Crippen LogP contribution is -2.50. The molecule has 0 spiro atoms. The van der Waals surface area contributed by atoms with E-state index in [1.165, 1.54) is 12.5 Å². The van der Waals surface area contributed by atoms with Crippen LogP contribution in [0.15, 0.2) is 12.5 Å². The largest absolute Gasteiger partial charge is 0.480 e. The summed E-state index contributed by atoms with van der Waals surface area (Å²) in [6.45, 7) is -0.511. The fourth-order valence-corrected chi connectivity index (χ4v) is 1.61. The number of urea groups is 1. The van der Waals surface area contributed by atoms with Gasteiger partial charge in [-0.1, -0.05) is 0 Å². The van der Waals surface area contributed by atoms with E-state index >= 15 is 0 Å². The molecule has 0 aliphatic carbocycles. The van der Waals surface area contributed by atoms with Crippen molar-refractivity contribution in [2.75, 3.05) is 26.3 Å². The summed E-state index contributed by atoms with van der Waals surface area (Å²) < 4.78 is 0. The van der Waals surface area contributed by atoms with Gasteiger partial charge in [0.1, 0.15) is 6.04 Å². The van der Waals surface area contributed by atoms with Gasteiger partial charge in [0.05, 0.1) is 19.5 Å². The van der Waals surface area contributed by atoms with Gasteiger partial charge < -0.3 is 30.5 Å². The van der Waals surface area contributed by atoms with Crippen LogP contribution >= 0.6 is 0 Å². The molecule has 0 bridgehead atoms. The molecule has 0 aliphatic heterocycles. The normalized spacial score (nSPS) is 11.9. The zero-order valence-electron chi connectivity index (χ0n) is 10.8. The number of H-pyrrole nitrogens is 1. The Labute approximate surface area is 115 Å². The van der Waals surface area contributed by atoms with E-state index in [0.29, 0.717) is 5.69 Å². The first kappa shape index (κ1) is 15.9. The molecule has 0 radical (unpaired) electrons. The molecule has 0 saturated heterocycles. The number of aromatic nitrogens is 2. The minimum absolute atomic E-state index is 0.0167. The van der Waals surface area contributed by atoms with Gasteiger partial charge in [-0.25, -0.2) is 14.6 Å². The SMILES string of the molecule is O=C(O)C(Cc1cnc[nH]1)NC(=O)N(CCO)CCO. The summed E-state index contributed by atoms with van der Waals surface area (Å²) in [5.41, 5.74) is 0.577. The maximum absolute atomic E-state index is 11.9. The van der Waals surface area contributed by atoms with Crippen LogP contribution in [0, 0.1) is 0 Å². The van der Waals surface area contributed by atoms with Crippen molar-refractivity contribution in [1.29, 1.82) is 0 Å². The molecule has 9 heteroatoms. The van der Waals surface area contributed by atoms with Gasteiger partial charge in [0, 0.05) is 31.4 Å². The minimum atomic E-state index is -1.18. The highest BCUT2D eigenvalue weighted by molar-refractivity contribution is 5.82. The number of amides is 2. The molecule has 1 aromatic rings. The fraction of sp³-hybridized carbons (Fsp3) is 0.545. The van der Waals surface area contributed by atoms with Crippen LogP contribution in [-0.2, 0) is 11.2 Å². The molecule has 0 fully saturated rings. The van der Waals surface area contributed by atoms with Crippen LogP contribution in [0.1, 0.15) is 5.69 Å². The van der Waals surface area contributed by atoms with E-state index < -0.39 is 18.0 Å². The number of aliphatic carboxylic acids is 1. The molecule has 112 valence electrons. The number of nitrogens with zero attached hydrogens (tertiary/aromatic N) is 2. The zero-order chi connectivity index (χ0) is 15.0. The van der Waals surface area contributed by atoms with Crippen molar-refractivity contribution in [2.45, 2.75) is 12.5 Å². The molecular weight excluding hydrogens is 268 g/mol. The number of hydrogen-bond donors (Lipinski definition) is 5. The highest BCUT2D eigenvalue weighted by Gasteiger charge is 2.23. The molecule has 2 amide bonds. The number of carbonyl (C=O) groups excluding carboxylic acids is 1. The van der Waals surface area contributed by atoms with Gasteiger partial charge in [-0.2, -0.15) is 0 Å². The summed E-state index contributed by atoms with van der Waals surface area (Å²) in [6.07, 6.45) is 2.95. The van der Waals surface area contributed by atoms with Gasteiger partial charge >= 0.3 is 12.0 Å². The summed E-state index contributed by atoms with van der Waals surface area (Å²) in [4.78, 5) is 30.7. The van der Waals surface area contributed by atoms with Crippen LogP contribution in [-0.4, -0.2) is 74.5 Å². The second-order valence-electron chi connectivity index (χ2n) is 4.06. The van der Waals surface area contributed by atoms with Crippen LogP contribution in [0.5, 0.6) is 0 Å². The third-order valence-corrected chi connectivity index (χ3v) is 2.60. The summed E-state index contributed by atoms with van der Waals surface area (Å²) in [7, 11) is 0. The predicted octanol–water partition coefficient (Wildman–Crippen LogP) is -1.60. The minimum Gasteiger partial charge on any atom is -0.480 e. The Kier molecular flexibility index (Phi) is 6.47. The Hall–Kier alpha value is -2.13. The van der Waals surface area contributed by atoms with Crippen LogP contribution < -0.4 is 5.32 Å². The highest BCUT2D eigenvalue weighted by atomic mass is 16.4. The number of rotatable bonds is 8. The van der Waals surface area contributed by atoms with Crippen molar-refractivity contribution in [3.05, 3.63) is 18.2 Å². The average molecular weight is 286 g/mol. The van der Waals surface area contributed by atoms with Crippen molar-refractivity contribution in [3.8, 4) is 0 Å². The van der Waals surface area contributed by atoms with Crippen molar-refractivity contribution in [1.82, 2.24) is 20.2 Å². The molecular formula is C11H18N4O5. The molecule has 9 nitrogen and oxygen atoms in total. The maximum atomic E-state index is 11.9. The third-order valence-electron chi connectivity index (χ3n) is 2.60. The Balaban J connectivity index is 2.64. The third kappa shape index (κ3) is 4.86. The summed E-state index contributed by atoms with van der Waals surface area (Å²) in [5, 5.41) is 29.1. The van der Waals surface area contributed by atoms with Crippen LogP contribution in [0.25, 0.3) is 0 Å². The second-order valence-corrected chi connectivity index (χ2v) is 4.06. The Morgan fingerprint density at radius 1 is 1.35 bits per heavy atom. The van der Waals surface area contributed by atoms with Gasteiger partial charge in [-0.3, -0.25) is 0 Å². The number of aliphatic hydroxyl groups excluding tert-OH is 2. The van der Waals surface area contributed by atoms with E-state index in [9.17, 15) is 9.59 Å². The van der Waals surface area contributed by atoms with Gasteiger partial charge in [0.15, 0.2) is 0 Å². The Morgan fingerprint density at radius 3 is 2.45 bits per heavy atom. The number of carbonyl (C=O) groups is 2. The molecule has 0 aliphatic rings. The molecule has 20 heavy (non-hydrogen) atoms. The standard InChI is InChI=1S/C11H18N4O5/c16-3-1-15(2-4-17)11(20)14-9(10(18)19)5-8-6-12-7-13-8/h6-7,9,16-17H,1-5H2,(H,12,13)(H,14,20)(H,18,19). The number of carboxylic acids is 1. The van der Waals surface area contributed by atoms with E-state index in [0.717, 1.165) is 4.90 Å². The predicted molar refractivity (Wildman–Crippen MR) is 68.0 cm³/mol. The number of carboxylic acid groups (broad SMARTS) is 1. The number of aromatic amines is 1. The highest BCUT2D eigenvalue weighted by Crippen LogP contribution is 2.00. The van der Waals surface area contributed by atoms with Gasteiger partial charge in [0.2, 0.25) is 0 Å². The topological polar surface area (TPSA) is 139 Å². The van der Waals surface area contributed by atoms with Crippen molar-refractivity contribution < 1.29 is 24.9 Å². The lowest BCUT2D eigenvalue weighted by atomic mass is 10.1. The van der Waals surface area contributed by atoms with Crippen molar-refractivity contribution in [2.24, 2.45) is 0 Å². The lowest BCUT2D eigenvalue weighted by molar-refractivity contribution is -0.139. The number of imidazole rings is 1. The number of hydrogen-bond acceptors (Lipinski definition) is 5. The molecule has 5 N–H and O–H groups in total. The zero-order valence-corrected chi connectivity index (χ0v) is 10.8. The lowest BCUT2D eigenvalue weighted by Gasteiger charge is -2.23. The van der Waals surface area contributed by atoms with E-state index in [-0.39, 0.29) is 32.7 Å². The summed E-state index contributed by atoms with van der Waals surface area (Å²) >= 11 is 0. The number of aliphatic hydroxyl groups is 2. The first-order chi connectivity index (χ1) is 9.58. The van der Waals surface area contributed by atoms with E-state index in [1.54, 1.807) is 0 Å². The van der Waals surface area contributed by atoms with Crippen LogP contribution in [0.3, 0.4) is 0 Å². The first-order valence-corrected chi connectivity index (χ1v) is 6.05. The summed E-state index contributed by atoms with van der Waals surface area (Å²) in [6, 6.07) is -1.78. The molecule has 0 saturated carbocycles.